The van der Waals surface area contributed by atoms with Crippen LogP contribution in [-0.4, -0.2) is 75.2 Å². The van der Waals surface area contributed by atoms with Crippen molar-refractivity contribution in [2.24, 2.45) is 0 Å². The van der Waals surface area contributed by atoms with Gasteiger partial charge in [-0.2, -0.15) is 5.26 Å². The van der Waals surface area contributed by atoms with Gasteiger partial charge in [-0.25, -0.2) is 0 Å². The third kappa shape index (κ3) is 4.61. The largest absolute Gasteiger partial charge is 0.381 e. The fraction of sp³-hybridized carbons (Fsp3) is 0.550. The number of anilines is 1. The lowest BCUT2D eigenvalue weighted by atomic mass is 9.88. The fourth-order valence-corrected chi connectivity index (χ4v) is 3.60. The zero-order valence-electron chi connectivity index (χ0n) is 16.2. The summed E-state index contributed by atoms with van der Waals surface area (Å²) in [5.41, 5.74) is 0.566. The molecule has 0 spiro atoms. The number of benzene rings is 1. The van der Waals surface area contributed by atoms with E-state index in [4.69, 9.17) is 10.00 Å². The summed E-state index contributed by atoms with van der Waals surface area (Å²) < 4.78 is 5.35. The van der Waals surface area contributed by atoms with Crippen LogP contribution in [0.4, 0.5) is 5.69 Å². The molecule has 1 aromatic carbocycles. The van der Waals surface area contributed by atoms with Gasteiger partial charge in [0, 0.05) is 63.5 Å². The molecule has 0 bridgehead atoms. The first-order chi connectivity index (χ1) is 13.5. The summed E-state index contributed by atoms with van der Waals surface area (Å²) in [6.07, 6.45) is 0.769. The van der Waals surface area contributed by atoms with Crippen molar-refractivity contribution in [3.8, 4) is 6.07 Å². The van der Waals surface area contributed by atoms with E-state index in [-0.39, 0.29) is 18.4 Å². The molecular weight excluding hydrogens is 358 g/mol. The summed E-state index contributed by atoms with van der Waals surface area (Å²) in [7, 11) is 2.11. The normalized spacial score (nSPS) is 19.5. The van der Waals surface area contributed by atoms with Crippen LogP contribution >= 0.6 is 0 Å². The lowest BCUT2D eigenvalue weighted by Gasteiger charge is -2.36. The Morgan fingerprint density at radius 3 is 2.39 bits per heavy atom. The number of hydrogen-bond donors (Lipinski definition) is 2. The number of rotatable bonds is 5. The van der Waals surface area contributed by atoms with E-state index in [0.717, 1.165) is 31.9 Å². The zero-order valence-corrected chi connectivity index (χ0v) is 16.2. The van der Waals surface area contributed by atoms with E-state index in [0.29, 0.717) is 31.6 Å². The van der Waals surface area contributed by atoms with Crippen molar-refractivity contribution in [2.75, 3.05) is 57.9 Å². The van der Waals surface area contributed by atoms with Gasteiger partial charge in [-0.1, -0.05) is 0 Å². The number of ether oxygens (including phenoxy) is 1. The maximum Gasteiger partial charge on any atom is 0.252 e. The number of hydrogen-bond acceptors (Lipinski definition) is 6. The molecule has 0 saturated carbocycles. The molecule has 2 aliphatic heterocycles. The maximum absolute atomic E-state index is 12.8. The van der Waals surface area contributed by atoms with E-state index in [9.17, 15) is 9.59 Å². The Bertz CT molecular complexity index is 729. The van der Waals surface area contributed by atoms with Crippen LogP contribution in [0.1, 0.15) is 23.2 Å². The Morgan fingerprint density at radius 1 is 1.14 bits per heavy atom. The summed E-state index contributed by atoms with van der Waals surface area (Å²) in [4.78, 5) is 30.0. The molecule has 3 rings (SSSR count). The molecule has 0 aromatic heterocycles. The fourth-order valence-electron chi connectivity index (χ4n) is 3.60. The molecule has 2 aliphatic rings. The first-order valence-electron chi connectivity index (χ1n) is 9.63. The summed E-state index contributed by atoms with van der Waals surface area (Å²) in [6.45, 7) is 4.66. The molecule has 0 radical (unpaired) electrons. The van der Waals surface area contributed by atoms with Crippen molar-refractivity contribution in [3.63, 3.8) is 0 Å². The van der Waals surface area contributed by atoms with Gasteiger partial charge in [0.2, 0.25) is 5.91 Å². The highest BCUT2D eigenvalue weighted by Gasteiger charge is 2.41. The number of carbonyl (C=O) groups excluding carboxylic acids is 2. The Kier molecular flexibility index (Phi) is 6.49. The molecule has 0 atom stereocenters. The molecule has 8 nitrogen and oxygen atoms in total. The SMILES string of the molecule is CN1CCN(c2ccc(C(=O)NC3(C(=O)NCC#N)CCOCC3)cc2)CC1. The van der Waals surface area contributed by atoms with Crippen LogP contribution in [0.5, 0.6) is 0 Å². The van der Waals surface area contributed by atoms with E-state index in [1.165, 1.54) is 0 Å². The van der Waals surface area contributed by atoms with Crippen LogP contribution in [0.25, 0.3) is 0 Å². The lowest BCUT2D eigenvalue weighted by molar-refractivity contribution is -0.130. The van der Waals surface area contributed by atoms with Crippen LogP contribution in [0, 0.1) is 11.3 Å². The first kappa shape index (κ1) is 20.1. The van der Waals surface area contributed by atoms with Crippen molar-refractivity contribution < 1.29 is 14.3 Å². The molecule has 0 unspecified atom stereocenters. The molecule has 2 heterocycles. The van der Waals surface area contributed by atoms with Gasteiger partial charge in [-0.05, 0) is 31.3 Å². The highest BCUT2D eigenvalue weighted by Crippen LogP contribution is 2.23. The molecular formula is C20H27N5O3. The summed E-state index contributed by atoms with van der Waals surface area (Å²) >= 11 is 0. The van der Waals surface area contributed by atoms with Crippen molar-refractivity contribution in [2.45, 2.75) is 18.4 Å². The predicted octanol–water partition coefficient (Wildman–Crippen LogP) is 0.357. The molecule has 2 saturated heterocycles. The minimum absolute atomic E-state index is 0.0863. The molecule has 2 fully saturated rings. The number of nitrogens with zero attached hydrogens (tertiary/aromatic N) is 3. The van der Waals surface area contributed by atoms with Crippen LogP contribution in [0.2, 0.25) is 0 Å². The second-order valence-electron chi connectivity index (χ2n) is 7.33. The van der Waals surface area contributed by atoms with Gasteiger partial charge in [0.05, 0.1) is 6.07 Å². The summed E-state index contributed by atoms with van der Waals surface area (Å²) in [5, 5.41) is 14.2. The number of nitriles is 1. The average Bonchev–Trinajstić information content (AvgIpc) is 2.73. The van der Waals surface area contributed by atoms with E-state index in [1.807, 2.05) is 18.2 Å². The highest BCUT2D eigenvalue weighted by molar-refractivity contribution is 5.99. The van der Waals surface area contributed by atoms with Crippen LogP contribution in [-0.2, 0) is 9.53 Å². The van der Waals surface area contributed by atoms with E-state index in [2.05, 4.69) is 27.5 Å². The number of piperazine rings is 1. The molecule has 0 aliphatic carbocycles. The standard InChI is InChI=1S/C20H27N5O3/c1-24-10-12-25(13-11-24)17-4-2-16(3-5-17)18(26)23-20(6-14-28-15-7-20)19(27)22-9-8-21/h2-5H,6-7,9-15H2,1H3,(H,22,27)(H,23,26). The molecule has 150 valence electrons. The predicted molar refractivity (Wildman–Crippen MR) is 105 cm³/mol. The van der Waals surface area contributed by atoms with Crippen molar-refractivity contribution in [3.05, 3.63) is 29.8 Å². The van der Waals surface area contributed by atoms with E-state index >= 15 is 0 Å². The monoisotopic (exact) mass is 385 g/mol. The van der Waals surface area contributed by atoms with Gasteiger partial charge in [0.15, 0.2) is 0 Å². The number of nitrogens with one attached hydrogen (secondary N) is 2. The van der Waals surface area contributed by atoms with Gasteiger partial charge in [-0.15, -0.1) is 0 Å². The molecule has 28 heavy (non-hydrogen) atoms. The maximum atomic E-state index is 12.8. The molecule has 1 aromatic rings. The Hall–Kier alpha value is -2.63. The molecule has 8 heteroatoms. The average molecular weight is 385 g/mol. The van der Waals surface area contributed by atoms with Crippen molar-refractivity contribution in [1.82, 2.24) is 15.5 Å². The Labute approximate surface area is 165 Å². The van der Waals surface area contributed by atoms with E-state index in [1.54, 1.807) is 12.1 Å². The van der Waals surface area contributed by atoms with Crippen LogP contribution in [0.15, 0.2) is 24.3 Å². The Morgan fingerprint density at radius 2 is 1.79 bits per heavy atom. The number of amides is 2. The summed E-state index contributed by atoms with van der Waals surface area (Å²) in [6, 6.07) is 9.39. The number of carbonyl (C=O) groups is 2. The van der Waals surface area contributed by atoms with Gasteiger partial charge in [0.25, 0.3) is 5.91 Å². The topological polar surface area (TPSA) is 97.7 Å². The first-order valence-corrected chi connectivity index (χ1v) is 9.63. The highest BCUT2D eigenvalue weighted by atomic mass is 16.5. The van der Waals surface area contributed by atoms with Gasteiger partial charge >= 0.3 is 0 Å². The summed E-state index contributed by atoms with van der Waals surface area (Å²) in [5.74, 6) is -0.626. The third-order valence-electron chi connectivity index (χ3n) is 5.46. The van der Waals surface area contributed by atoms with E-state index < -0.39 is 5.54 Å². The second kappa shape index (κ2) is 9.04. The second-order valence-corrected chi connectivity index (χ2v) is 7.33. The van der Waals surface area contributed by atoms with Gasteiger partial charge < -0.3 is 25.2 Å². The quantitative estimate of drug-likeness (QED) is 0.710. The zero-order chi connectivity index (χ0) is 20.0. The Balaban J connectivity index is 1.68. The van der Waals surface area contributed by atoms with Gasteiger partial charge in [-0.3, -0.25) is 9.59 Å². The van der Waals surface area contributed by atoms with Crippen molar-refractivity contribution >= 4 is 17.5 Å². The minimum atomic E-state index is -1.04. The minimum Gasteiger partial charge on any atom is -0.381 e. The lowest BCUT2D eigenvalue weighted by Crippen LogP contribution is -2.61. The van der Waals surface area contributed by atoms with Crippen LogP contribution < -0.4 is 15.5 Å². The van der Waals surface area contributed by atoms with Gasteiger partial charge in [0.1, 0.15) is 12.1 Å². The molecule has 2 amide bonds. The van der Waals surface area contributed by atoms with Crippen LogP contribution in [0.3, 0.4) is 0 Å². The smallest absolute Gasteiger partial charge is 0.252 e. The third-order valence-corrected chi connectivity index (χ3v) is 5.46. The van der Waals surface area contributed by atoms with Crippen molar-refractivity contribution in [1.29, 1.82) is 5.26 Å². The number of likely N-dealkylation sites (N-methyl/N-ethyl adjacent to an activating group) is 1. The molecule has 2 N–H and O–H groups in total.